The zero-order valence-electron chi connectivity index (χ0n) is 12.4. The average Bonchev–Trinajstić information content (AvgIpc) is 2.99. The summed E-state index contributed by atoms with van der Waals surface area (Å²) in [6, 6.07) is 9.61. The molecule has 1 N–H and O–H groups in total. The normalized spacial score (nSPS) is 10.5. The van der Waals surface area contributed by atoms with Crippen LogP contribution in [0.5, 0.6) is 5.88 Å². The van der Waals surface area contributed by atoms with Gasteiger partial charge in [0.2, 0.25) is 5.88 Å². The molecule has 0 aromatic carbocycles. The first-order valence-electron chi connectivity index (χ1n) is 7.00. The van der Waals surface area contributed by atoms with E-state index >= 15 is 0 Å². The van der Waals surface area contributed by atoms with Gasteiger partial charge in [-0.25, -0.2) is 15.0 Å². The molecule has 3 aromatic rings. The van der Waals surface area contributed by atoms with Gasteiger partial charge in [-0.2, -0.15) is 0 Å². The molecule has 0 fully saturated rings. The Bertz CT molecular complexity index is 772. The van der Waals surface area contributed by atoms with Crippen LogP contribution in [0.2, 0.25) is 0 Å². The molecular weight excluding hydrogens is 296 g/mol. The van der Waals surface area contributed by atoms with E-state index in [9.17, 15) is 0 Å². The van der Waals surface area contributed by atoms with Crippen LogP contribution in [0.4, 0.5) is 10.9 Å². The predicted molar refractivity (Wildman–Crippen MR) is 88.8 cm³/mol. The topological polar surface area (TPSA) is 59.9 Å². The van der Waals surface area contributed by atoms with E-state index in [1.165, 1.54) is 11.3 Å². The molecule has 0 aliphatic heterocycles. The number of hydrogen-bond donors (Lipinski definition) is 1. The van der Waals surface area contributed by atoms with Crippen molar-refractivity contribution >= 4 is 22.3 Å². The summed E-state index contributed by atoms with van der Waals surface area (Å²) in [5.41, 5.74) is 2.70. The maximum absolute atomic E-state index is 5.43. The van der Waals surface area contributed by atoms with Crippen LogP contribution in [0.15, 0.2) is 41.9 Å². The van der Waals surface area contributed by atoms with Crippen LogP contribution in [0, 0.1) is 6.92 Å². The molecule has 0 bridgehead atoms. The summed E-state index contributed by atoms with van der Waals surface area (Å²) in [6.45, 7) is 4.55. The fourth-order valence-corrected chi connectivity index (χ4v) is 2.66. The van der Waals surface area contributed by atoms with Crippen molar-refractivity contribution in [2.45, 2.75) is 13.8 Å². The van der Waals surface area contributed by atoms with E-state index in [0.717, 1.165) is 27.9 Å². The summed E-state index contributed by atoms with van der Waals surface area (Å²) in [5, 5.41) is 6.00. The molecule has 6 heteroatoms. The highest BCUT2D eigenvalue weighted by molar-refractivity contribution is 7.14. The van der Waals surface area contributed by atoms with Crippen LogP contribution in [-0.2, 0) is 0 Å². The van der Waals surface area contributed by atoms with Gasteiger partial charge in [-0.1, -0.05) is 12.1 Å². The largest absolute Gasteiger partial charge is 0.478 e. The third-order valence-corrected chi connectivity index (χ3v) is 3.77. The predicted octanol–water partition coefficient (Wildman–Crippen LogP) is 4.05. The van der Waals surface area contributed by atoms with Gasteiger partial charge in [0.05, 0.1) is 12.3 Å². The molecule has 3 rings (SSSR count). The van der Waals surface area contributed by atoms with Crippen molar-refractivity contribution in [1.82, 2.24) is 15.0 Å². The number of nitrogens with one attached hydrogen (secondary N) is 1. The highest BCUT2D eigenvalue weighted by Crippen LogP contribution is 2.27. The third kappa shape index (κ3) is 3.23. The number of anilines is 2. The number of hydrogen-bond acceptors (Lipinski definition) is 6. The monoisotopic (exact) mass is 312 g/mol. The van der Waals surface area contributed by atoms with Gasteiger partial charge in [-0.15, -0.1) is 11.3 Å². The Morgan fingerprint density at radius 1 is 1.14 bits per heavy atom. The van der Waals surface area contributed by atoms with E-state index in [2.05, 4.69) is 20.3 Å². The number of pyridine rings is 2. The zero-order chi connectivity index (χ0) is 15.4. The van der Waals surface area contributed by atoms with Crippen LogP contribution in [-0.4, -0.2) is 21.6 Å². The highest BCUT2D eigenvalue weighted by Gasteiger charge is 2.08. The van der Waals surface area contributed by atoms with Crippen LogP contribution in [0.3, 0.4) is 0 Å². The Morgan fingerprint density at radius 3 is 2.86 bits per heavy atom. The minimum absolute atomic E-state index is 0.597. The first kappa shape index (κ1) is 14.5. The second-order valence-electron chi connectivity index (χ2n) is 4.63. The number of nitrogens with zero attached hydrogens (tertiary/aromatic N) is 3. The summed E-state index contributed by atoms with van der Waals surface area (Å²) in [7, 11) is 0. The van der Waals surface area contributed by atoms with Crippen molar-refractivity contribution in [3.05, 3.63) is 47.5 Å². The molecule has 0 saturated carbocycles. The summed E-state index contributed by atoms with van der Waals surface area (Å²) >= 11 is 1.52. The van der Waals surface area contributed by atoms with Gasteiger partial charge in [0, 0.05) is 17.6 Å². The van der Waals surface area contributed by atoms with Crippen molar-refractivity contribution in [2.24, 2.45) is 0 Å². The number of ether oxygens (including phenoxy) is 1. The number of aromatic nitrogens is 3. The van der Waals surface area contributed by atoms with Crippen molar-refractivity contribution < 1.29 is 4.74 Å². The molecule has 0 saturated heterocycles. The van der Waals surface area contributed by atoms with E-state index < -0.39 is 0 Å². The number of aryl methyl sites for hydroxylation is 1. The Kier molecular flexibility index (Phi) is 4.29. The molecule has 0 radical (unpaired) electrons. The van der Waals surface area contributed by atoms with Gasteiger partial charge >= 0.3 is 0 Å². The molecule has 22 heavy (non-hydrogen) atoms. The first-order valence-corrected chi connectivity index (χ1v) is 7.88. The molecule has 112 valence electrons. The number of rotatable bonds is 5. The van der Waals surface area contributed by atoms with Crippen LogP contribution in [0.25, 0.3) is 11.4 Å². The minimum Gasteiger partial charge on any atom is -0.478 e. The van der Waals surface area contributed by atoms with E-state index in [4.69, 9.17) is 4.74 Å². The maximum atomic E-state index is 5.43. The SMILES string of the molecule is CCOc1cccc(-c2csc(Nc3ncccc3C)n2)n1. The van der Waals surface area contributed by atoms with E-state index in [-0.39, 0.29) is 0 Å². The van der Waals surface area contributed by atoms with E-state index in [0.29, 0.717) is 12.5 Å². The lowest BCUT2D eigenvalue weighted by atomic mass is 10.3. The summed E-state index contributed by atoms with van der Waals surface area (Å²) in [4.78, 5) is 13.3. The van der Waals surface area contributed by atoms with Crippen molar-refractivity contribution in [1.29, 1.82) is 0 Å². The molecule has 5 nitrogen and oxygen atoms in total. The van der Waals surface area contributed by atoms with E-state index in [1.807, 2.05) is 49.6 Å². The molecule has 3 heterocycles. The van der Waals surface area contributed by atoms with Crippen LogP contribution in [0.1, 0.15) is 12.5 Å². The first-order chi connectivity index (χ1) is 10.8. The summed E-state index contributed by atoms with van der Waals surface area (Å²) in [6.07, 6.45) is 1.76. The molecule has 0 aliphatic rings. The smallest absolute Gasteiger partial charge is 0.213 e. The third-order valence-electron chi connectivity index (χ3n) is 3.02. The second kappa shape index (κ2) is 6.53. The van der Waals surface area contributed by atoms with Gasteiger partial charge < -0.3 is 10.1 Å². The Hall–Kier alpha value is -2.47. The summed E-state index contributed by atoms with van der Waals surface area (Å²) < 4.78 is 5.43. The Labute approximate surface area is 133 Å². The van der Waals surface area contributed by atoms with Crippen molar-refractivity contribution in [2.75, 3.05) is 11.9 Å². The van der Waals surface area contributed by atoms with Gasteiger partial charge in [0.1, 0.15) is 11.5 Å². The standard InChI is InChI=1S/C16H16N4OS/c1-3-21-14-8-4-7-12(18-14)13-10-22-16(19-13)20-15-11(2)6-5-9-17-15/h4-10H,3H2,1-2H3,(H,17,19,20). The molecule has 3 aromatic heterocycles. The van der Waals surface area contributed by atoms with Crippen molar-refractivity contribution in [3.8, 4) is 17.3 Å². The lowest BCUT2D eigenvalue weighted by molar-refractivity contribution is 0.327. The van der Waals surface area contributed by atoms with E-state index in [1.54, 1.807) is 6.20 Å². The zero-order valence-corrected chi connectivity index (χ0v) is 13.2. The molecule has 0 aliphatic carbocycles. The van der Waals surface area contributed by atoms with Gasteiger partial charge in [-0.3, -0.25) is 0 Å². The number of thiazole rings is 1. The minimum atomic E-state index is 0.597. The molecule has 0 spiro atoms. The van der Waals surface area contributed by atoms with Crippen LogP contribution < -0.4 is 10.1 Å². The molecular formula is C16H16N4OS. The van der Waals surface area contributed by atoms with Gasteiger partial charge in [-0.05, 0) is 31.5 Å². The van der Waals surface area contributed by atoms with Gasteiger partial charge in [0.25, 0.3) is 0 Å². The molecule has 0 unspecified atom stereocenters. The molecule has 0 amide bonds. The highest BCUT2D eigenvalue weighted by atomic mass is 32.1. The maximum Gasteiger partial charge on any atom is 0.213 e. The van der Waals surface area contributed by atoms with Crippen molar-refractivity contribution in [3.63, 3.8) is 0 Å². The fraction of sp³-hybridized carbons (Fsp3) is 0.188. The Balaban J connectivity index is 1.82. The summed E-state index contributed by atoms with van der Waals surface area (Å²) in [5.74, 6) is 1.43. The van der Waals surface area contributed by atoms with Gasteiger partial charge in [0.15, 0.2) is 5.13 Å². The lowest BCUT2D eigenvalue weighted by Crippen LogP contribution is -1.96. The Morgan fingerprint density at radius 2 is 2.05 bits per heavy atom. The average molecular weight is 312 g/mol. The second-order valence-corrected chi connectivity index (χ2v) is 5.48. The fourth-order valence-electron chi connectivity index (χ4n) is 1.95. The van der Waals surface area contributed by atoms with Crippen LogP contribution >= 0.6 is 11.3 Å². The quantitative estimate of drug-likeness (QED) is 0.770. The molecule has 0 atom stereocenters. The lowest BCUT2D eigenvalue weighted by Gasteiger charge is -2.04.